The lowest BCUT2D eigenvalue weighted by Gasteiger charge is -2.20. The van der Waals surface area contributed by atoms with Crippen molar-refractivity contribution in [2.45, 2.75) is 16.7 Å². The quantitative estimate of drug-likeness (QED) is 0.676. The second-order valence-corrected chi connectivity index (χ2v) is 9.14. The monoisotopic (exact) mass is 364 g/mol. The average molecular weight is 364 g/mol. The second-order valence-electron chi connectivity index (χ2n) is 4.93. The van der Waals surface area contributed by atoms with Crippen LogP contribution in [0.4, 0.5) is 0 Å². The lowest BCUT2D eigenvalue weighted by molar-refractivity contribution is 0.0521. The van der Waals surface area contributed by atoms with Crippen molar-refractivity contribution in [3.05, 3.63) is 23.8 Å². The van der Waals surface area contributed by atoms with E-state index in [1.54, 1.807) is 6.92 Å². The zero-order valence-electron chi connectivity index (χ0n) is 13.6. The molecule has 0 radical (unpaired) electrons. The van der Waals surface area contributed by atoms with E-state index < -0.39 is 35.8 Å². The molecule has 0 unspecified atom stereocenters. The third-order valence-electron chi connectivity index (χ3n) is 2.97. The maximum Gasteiger partial charge on any atom is 0.339 e. The van der Waals surface area contributed by atoms with Gasteiger partial charge in [-0.05, 0) is 19.1 Å². The number of carbonyl (C=O) groups is 1. The van der Waals surface area contributed by atoms with E-state index in [0.717, 1.165) is 14.7 Å². The van der Waals surface area contributed by atoms with E-state index in [-0.39, 0.29) is 12.2 Å². The van der Waals surface area contributed by atoms with Crippen LogP contribution in [0.2, 0.25) is 0 Å². The molecule has 10 heteroatoms. The molecule has 1 aromatic carbocycles. The maximum atomic E-state index is 12.6. The van der Waals surface area contributed by atoms with Crippen LogP contribution in [0.1, 0.15) is 17.3 Å². The molecular formula is C13H20N2O6S2. The van der Waals surface area contributed by atoms with Crippen LogP contribution in [0.15, 0.2) is 28.0 Å². The van der Waals surface area contributed by atoms with E-state index in [1.807, 2.05) is 0 Å². The summed E-state index contributed by atoms with van der Waals surface area (Å²) >= 11 is 0. The lowest BCUT2D eigenvalue weighted by atomic mass is 10.2. The minimum absolute atomic E-state index is 0.0327. The van der Waals surface area contributed by atoms with Gasteiger partial charge in [-0.25, -0.2) is 30.2 Å². The molecule has 0 aliphatic rings. The summed E-state index contributed by atoms with van der Waals surface area (Å²) in [7, 11) is -3.21. The number of benzene rings is 1. The summed E-state index contributed by atoms with van der Waals surface area (Å²) in [5.74, 6) is -0.899. The fourth-order valence-corrected chi connectivity index (χ4v) is 4.47. The standard InChI is InChI=1S/C13H20N2O6S2/c1-6-21-13(16)10-8-7-9-11(22(17,18)14(2)3)12(10)23(19,20)15(4)5/h7-9H,6H2,1-5H3. The van der Waals surface area contributed by atoms with E-state index in [9.17, 15) is 21.6 Å². The number of hydrogen-bond acceptors (Lipinski definition) is 6. The molecule has 0 fully saturated rings. The molecule has 23 heavy (non-hydrogen) atoms. The molecule has 0 amide bonds. The Morgan fingerprint density at radius 2 is 1.52 bits per heavy atom. The highest BCUT2D eigenvalue weighted by atomic mass is 32.2. The minimum Gasteiger partial charge on any atom is -0.462 e. The van der Waals surface area contributed by atoms with E-state index in [4.69, 9.17) is 4.74 Å². The summed E-state index contributed by atoms with van der Waals surface area (Å²) in [5, 5.41) is 0. The smallest absolute Gasteiger partial charge is 0.339 e. The van der Waals surface area contributed by atoms with Gasteiger partial charge >= 0.3 is 5.97 Å². The van der Waals surface area contributed by atoms with Crippen molar-refractivity contribution in [3.63, 3.8) is 0 Å². The first-order valence-electron chi connectivity index (χ1n) is 6.63. The van der Waals surface area contributed by atoms with Gasteiger partial charge in [0.25, 0.3) is 0 Å². The van der Waals surface area contributed by atoms with Gasteiger partial charge in [0.05, 0.1) is 12.2 Å². The van der Waals surface area contributed by atoms with E-state index >= 15 is 0 Å². The van der Waals surface area contributed by atoms with Crippen molar-refractivity contribution in [2.75, 3.05) is 34.8 Å². The van der Waals surface area contributed by atoms with Crippen LogP contribution in [-0.4, -0.2) is 66.2 Å². The molecule has 130 valence electrons. The Kier molecular flexibility index (Phi) is 5.91. The predicted molar refractivity (Wildman–Crippen MR) is 84.1 cm³/mol. The van der Waals surface area contributed by atoms with Gasteiger partial charge in [-0.15, -0.1) is 0 Å². The fraction of sp³-hybridized carbons (Fsp3) is 0.462. The Balaban J connectivity index is 3.89. The van der Waals surface area contributed by atoms with Crippen LogP contribution in [0.5, 0.6) is 0 Å². The summed E-state index contributed by atoms with van der Waals surface area (Å²) < 4.78 is 56.6. The van der Waals surface area contributed by atoms with Gasteiger partial charge < -0.3 is 4.74 Å². The third kappa shape index (κ3) is 3.71. The molecule has 0 atom stereocenters. The third-order valence-corrected chi connectivity index (χ3v) is 6.88. The average Bonchev–Trinajstić information content (AvgIpc) is 2.46. The first-order chi connectivity index (χ1) is 10.5. The number of ether oxygens (including phenoxy) is 1. The van der Waals surface area contributed by atoms with E-state index in [2.05, 4.69) is 0 Å². The Labute approximate surface area is 136 Å². The van der Waals surface area contributed by atoms with Gasteiger partial charge in [0.15, 0.2) is 0 Å². The molecule has 1 aromatic rings. The number of sulfonamides is 2. The first kappa shape index (κ1) is 19.6. The van der Waals surface area contributed by atoms with Gasteiger partial charge in [0.2, 0.25) is 20.0 Å². The first-order valence-corrected chi connectivity index (χ1v) is 9.51. The molecule has 0 N–H and O–H groups in total. The molecule has 0 saturated carbocycles. The summed E-state index contributed by atoms with van der Waals surface area (Å²) in [5.41, 5.74) is -0.316. The van der Waals surface area contributed by atoms with Crippen molar-refractivity contribution in [3.8, 4) is 0 Å². The predicted octanol–water partition coefficient (Wildman–Crippen LogP) is 0.364. The number of carbonyl (C=O) groups excluding carboxylic acids is 1. The lowest BCUT2D eigenvalue weighted by Crippen LogP contribution is -2.30. The van der Waals surface area contributed by atoms with Crippen LogP contribution >= 0.6 is 0 Å². The van der Waals surface area contributed by atoms with Crippen LogP contribution in [0.25, 0.3) is 0 Å². The molecule has 0 aliphatic carbocycles. The van der Waals surface area contributed by atoms with Gasteiger partial charge in [-0.1, -0.05) is 6.07 Å². The molecular weight excluding hydrogens is 344 g/mol. The Bertz CT molecular complexity index is 798. The molecule has 1 rings (SSSR count). The van der Waals surface area contributed by atoms with Crippen molar-refractivity contribution < 1.29 is 26.4 Å². The Morgan fingerprint density at radius 3 is 1.96 bits per heavy atom. The van der Waals surface area contributed by atoms with Crippen LogP contribution in [0.3, 0.4) is 0 Å². The topological polar surface area (TPSA) is 101 Å². The highest BCUT2D eigenvalue weighted by molar-refractivity contribution is 7.92. The number of hydrogen-bond donors (Lipinski definition) is 0. The largest absolute Gasteiger partial charge is 0.462 e. The Hall–Kier alpha value is -1.49. The molecule has 0 aromatic heterocycles. The maximum absolute atomic E-state index is 12.6. The summed E-state index contributed by atoms with van der Waals surface area (Å²) in [6.45, 7) is 1.60. The number of rotatable bonds is 6. The zero-order chi connectivity index (χ0) is 18.0. The molecule has 0 spiro atoms. The summed E-state index contributed by atoms with van der Waals surface area (Å²) in [4.78, 5) is 11.0. The van der Waals surface area contributed by atoms with Gasteiger partial charge in [-0.3, -0.25) is 0 Å². The van der Waals surface area contributed by atoms with E-state index in [0.29, 0.717) is 0 Å². The SMILES string of the molecule is CCOC(=O)c1cccc(S(=O)(=O)N(C)C)c1S(=O)(=O)N(C)C. The Morgan fingerprint density at radius 1 is 1.00 bits per heavy atom. The van der Waals surface area contributed by atoms with E-state index in [1.165, 1.54) is 40.3 Å². The van der Waals surface area contributed by atoms with Crippen molar-refractivity contribution in [1.82, 2.24) is 8.61 Å². The zero-order valence-corrected chi connectivity index (χ0v) is 15.2. The van der Waals surface area contributed by atoms with Crippen LogP contribution in [-0.2, 0) is 24.8 Å². The van der Waals surface area contributed by atoms with Gasteiger partial charge in [0, 0.05) is 28.2 Å². The van der Waals surface area contributed by atoms with Gasteiger partial charge in [0.1, 0.15) is 9.79 Å². The van der Waals surface area contributed by atoms with Crippen LogP contribution in [0, 0.1) is 0 Å². The molecule has 8 nitrogen and oxygen atoms in total. The second kappa shape index (κ2) is 6.95. The number of nitrogens with zero attached hydrogens (tertiary/aromatic N) is 2. The van der Waals surface area contributed by atoms with Crippen LogP contribution < -0.4 is 0 Å². The highest BCUT2D eigenvalue weighted by Crippen LogP contribution is 2.29. The van der Waals surface area contributed by atoms with Crippen molar-refractivity contribution >= 4 is 26.0 Å². The summed E-state index contributed by atoms with van der Waals surface area (Å²) in [6, 6.07) is 3.68. The normalized spacial score (nSPS) is 12.7. The molecule has 0 saturated heterocycles. The minimum atomic E-state index is -4.19. The highest BCUT2D eigenvalue weighted by Gasteiger charge is 2.34. The molecule has 0 heterocycles. The van der Waals surface area contributed by atoms with Gasteiger partial charge in [-0.2, -0.15) is 0 Å². The van der Waals surface area contributed by atoms with Crippen molar-refractivity contribution in [1.29, 1.82) is 0 Å². The molecule has 0 bridgehead atoms. The number of esters is 1. The van der Waals surface area contributed by atoms with Crippen molar-refractivity contribution in [2.24, 2.45) is 0 Å². The fourth-order valence-electron chi connectivity index (χ4n) is 1.73. The summed E-state index contributed by atoms with van der Waals surface area (Å²) in [6.07, 6.45) is 0. The molecule has 0 aliphatic heterocycles.